The summed E-state index contributed by atoms with van der Waals surface area (Å²) in [6.45, 7) is 1.98. The molecular weight excluding hydrogens is 259 g/mol. The number of halogens is 2. The minimum absolute atomic E-state index is 0.0175. The summed E-state index contributed by atoms with van der Waals surface area (Å²) < 4.78 is 0. The normalized spacial score (nSPS) is 10.9. The van der Waals surface area contributed by atoms with E-state index in [1.54, 1.807) is 18.2 Å². The number of benzene rings is 1. The summed E-state index contributed by atoms with van der Waals surface area (Å²) in [5.41, 5.74) is 0.482. The van der Waals surface area contributed by atoms with Crippen LogP contribution in [0.3, 0.4) is 0 Å². The van der Waals surface area contributed by atoms with Gasteiger partial charge in [-0.05, 0) is 32.3 Å². The van der Waals surface area contributed by atoms with Gasteiger partial charge in [-0.3, -0.25) is 9.69 Å². The van der Waals surface area contributed by atoms with Crippen LogP contribution in [0.2, 0.25) is 10.0 Å². The van der Waals surface area contributed by atoms with Crippen LogP contribution in [0, 0.1) is 0 Å². The van der Waals surface area contributed by atoms with Gasteiger partial charge in [-0.1, -0.05) is 23.2 Å². The van der Waals surface area contributed by atoms with Crippen LogP contribution in [0.4, 0.5) is 0 Å². The molecule has 17 heavy (non-hydrogen) atoms. The van der Waals surface area contributed by atoms with Crippen molar-refractivity contribution < 1.29 is 4.79 Å². The topological polar surface area (TPSA) is 32.3 Å². The first kappa shape index (κ1) is 14.5. The Morgan fingerprint density at radius 2 is 2.12 bits per heavy atom. The van der Waals surface area contributed by atoms with Gasteiger partial charge >= 0.3 is 0 Å². The number of rotatable bonds is 6. The molecule has 0 fully saturated rings. The van der Waals surface area contributed by atoms with Crippen molar-refractivity contribution in [3.63, 3.8) is 0 Å². The van der Waals surface area contributed by atoms with Crippen LogP contribution in [-0.4, -0.2) is 44.4 Å². The Labute approximate surface area is 112 Å². The lowest BCUT2D eigenvalue weighted by Crippen LogP contribution is -2.32. The average molecular weight is 275 g/mol. The van der Waals surface area contributed by atoms with Gasteiger partial charge in [0.15, 0.2) is 5.78 Å². The van der Waals surface area contributed by atoms with Crippen molar-refractivity contribution in [2.45, 2.75) is 0 Å². The summed E-state index contributed by atoms with van der Waals surface area (Å²) in [4.78, 5) is 13.9. The van der Waals surface area contributed by atoms with Crippen LogP contribution in [0.15, 0.2) is 18.2 Å². The number of likely N-dealkylation sites (N-methyl/N-ethyl adjacent to an activating group) is 2. The van der Waals surface area contributed by atoms with E-state index < -0.39 is 0 Å². The fraction of sp³-hybridized carbons (Fsp3) is 0.417. The summed E-state index contributed by atoms with van der Waals surface area (Å²) in [7, 11) is 3.77. The highest BCUT2D eigenvalue weighted by Crippen LogP contribution is 2.21. The molecule has 0 spiro atoms. The molecule has 0 atom stereocenters. The van der Waals surface area contributed by atoms with Gasteiger partial charge in [0.25, 0.3) is 0 Å². The number of carbonyl (C=O) groups excluding carboxylic acids is 1. The molecule has 94 valence electrons. The summed E-state index contributed by atoms with van der Waals surface area (Å²) in [6, 6.07) is 4.92. The van der Waals surface area contributed by atoms with Crippen molar-refractivity contribution in [3.05, 3.63) is 33.8 Å². The third kappa shape index (κ3) is 4.64. The molecule has 0 bridgehead atoms. The zero-order chi connectivity index (χ0) is 12.8. The van der Waals surface area contributed by atoms with Gasteiger partial charge in [0.2, 0.25) is 0 Å². The minimum atomic E-state index is -0.0175. The highest BCUT2D eigenvalue weighted by molar-refractivity contribution is 6.36. The molecule has 0 saturated heterocycles. The second kappa shape index (κ2) is 6.97. The van der Waals surface area contributed by atoms with E-state index in [1.807, 2.05) is 19.0 Å². The van der Waals surface area contributed by atoms with Crippen molar-refractivity contribution in [2.75, 3.05) is 33.7 Å². The molecule has 3 nitrogen and oxygen atoms in total. The molecule has 1 aromatic rings. The number of nitrogens with zero attached hydrogens (tertiary/aromatic N) is 1. The fourth-order valence-electron chi connectivity index (χ4n) is 1.42. The quantitative estimate of drug-likeness (QED) is 0.809. The molecule has 0 unspecified atom stereocenters. The number of nitrogens with one attached hydrogen (secondary N) is 1. The molecule has 1 N–H and O–H groups in total. The summed E-state index contributed by atoms with van der Waals surface area (Å²) in [5, 5.41) is 4.00. The second-order valence-corrected chi connectivity index (χ2v) is 4.73. The van der Waals surface area contributed by atoms with Gasteiger partial charge in [-0.15, -0.1) is 0 Å². The third-order valence-electron chi connectivity index (χ3n) is 2.39. The van der Waals surface area contributed by atoms with Crippen molar-refractivity contribution in [1.29, 1.82) is 0 Å². The average Bonchev–Trinajstić information content (AvgIpc) is 2.29. The van der Waals surface area contributed by atoms with Gasteiger partial charge in [0.1, 0.15) is 0 Å². The van der Waals surface area contributed by atoms with Crippen LogP contribution in [0.1, 0.15) is 10.4 Å². The highest BCUT2D eigenvalue weighted by Gasteiger charge is 2.13. The fourth-order valence-corrected chi connectivity index (χ4v) is 1.82. The molecule has 0 saturated carbocycles. The van der Waals surface area contributed by atoms with Gasteiger partial charge in [0, 0.05) is 23.7 Å². The molecule has 1 rings (SSSR count). The van der Waals surface area contributed by atoms with E-state index in [0.29, 0.717) is 22.2 Å². The van der Waals surface area contributed by atoms with E-state index >= 15 is 0 Å². The van der Waals surface area contributed by atoms with Crippen LogP contribution >= 0.6 is 23.2 Å². The maximum atomic E-state index is 12.0. The smallest absolute Gasteiger partial charge is 0.178 e. The van der Waals surface area contributed by atoms with E-state index in [4.69, 9.17) is 23.2 Å². The lowest BCUT2D eigenvalue weighted by Gasteiger charge is -2.15. The molecule has 0 aliphatic carbocycles. The van der Waals surface area contributed by atoms with Crippen molar-refractivity contribution in [3.8, 4) is 0 Å². The molecule has 0 aliphatic rings. The Morgan fingerprint density at radius 1 is 1.41 bits per heavy atom. The Morgan fingerprint density at radius 3 is 2.76 bits per heavy atom. The number of Topliss-reactive ketones (excluding diaryl/α,β-unsaturated/α-hetero) is 1. The maximum absolute atomic E-state index is 12.0. The monoisotopic (exact) mass is 274 g/mol. The third-order valence-corrected chi connectivity index (χ3v) is 2.95. The highest BCUT2D eigenvalue weighted by atomic mass is 35.5. The molecule has 0 radical (unpaired) electrons. The Kier molecular flexibility index (Phi) is 5.92. The number of hydrogen-bond acceptors (Lipinski definition) is 3. The molecular formula is C12H16Cl2N2O. The number of carbonyl (C=O) groups is 1. The lowest BCUT2D eigenvalue weighted by molar-refractivity contribution is 0.0947. The Hall–Kier alpha value is -0.610. The zero-order valence-electron chi connectivity index (χ0n) is 9.96. The van der Waals surface area contributed by atoms with E-state index in [1.165, 1.54) is 0 Å². The van der Waals surface area contributed by atoms with Crippen molar-refractivity contribution in [1.82, 2.24) is 10.2 Å². The van der Waals surface area contributed by atoms with Crippen molar-refractivity contribution >= 4 is 29.0 Å². The van der Waals surface area contributed by atoms with Crippen LogP contribution < -0.4 is 5.32 Å². The Bertz CT molecular complexity index is 396. The van der Waals surface area contributed by atoms with Gasteiger partial charge in [0.05, 0.1) is 11.6 Å². The molecule has 0 heterocycles. The first-order valence-corrected chi connectivity index (χ1v) is 6.11. The standard InChI is InChI=1S/C12H16Cl2N2O/c1-15-5-6-16(2)8-12(17)10-7-9(13)3-4-11(10)14/h3-4,7,15H,5-6,8H2,1-2H3. The largest absolute Gasteiger partial charge is 0.318 e. The SMILES string of the molecule is CNCCN(C)CC(=O)c1cc(Cl)ccc1Cl. The van der Waals surface area contributed by atoms with E-state index in [9.17, 15) is 4.79 Å². The van der Waals surface area contributed by atoms with E-state index in [-0.39, 0.29) is 5.78 Å². The number of hydrogen-bond donors (Lipinski definition) is 1. The maximum Gasteiger partial charge on any atom is 0.178 e. The second-order valence-electron chi connectivity index (χ2n) is 3.89. The van der Waals surface area contributed by atoms with E-state index in [0.717, 1.165) is 13.1 Å². The van der Waals surface area contributed by atoms with Gasteiger partial charge in [-0.25, -0.2) is 0 Å². The van der Waals surface area contributed by atoms with Gasteiger partial charge < -0.3 is 5.32 Å². The van der Waals surface area contributed by atoms with E-state index in [2.05, 4.69) is 5.32 Å². The predicted octanol–water partition coefficient (Wildman–Crippen LogP) is 2.33. The van der Waals surface area contributed by atoms with Crippen molar-refractivity contribution in [2.24, 2.45) is 0 Å². The van der Waals surface area contributed by atoms with Crippen LogP contribution in [-0.2, 0) is 0 Å². The summed E-state index contributed by atoms with van der Waals surface area (Å²) in [5.74, 6) is -0.0175. The molecule has 5 heteroatoms. The summed E-state index contributed by atoms with van der Waals surface area (Å²) >= 11 is 11.8. The first-order valence-electron chi connectivity index (χ1n) is 5.36. The molecule has 1 aromatic carbocycles. The van der Waals surface area contributed by atoms with Crippen LogP contribution in [0.25, 0.3) is 0 Å². The first-order chi connectivity index (χ1) is 8.04. The minimum Gasteiger partial charge on any atom is -0.318 e. The zero-order valence-corrected chi connectivity index (χ0v) is 11.5. The predicted molar refractivity (Wildman–Crippen MR) is 72.2 cm³/mol. The number of ketones is 1. The van der Waals surface area contributed by atoms with Crippen LogP contribution in [0.5, 0.6) is 0 Å². The summed E-state index contributed by atoms with van der Waals surface area (Å²) in [6.07, 6.45) is 0. The Balaban J connectivity index is 2.66. The molecule has 0 aliphatic heterocycles. The van der Waals surface area contributed by atoms with Gasteiger partial charge in [-0.2, -0.15) is 0 Å². The molecule has 0 amide bonds. The molecule has 0 aromatic heterocycles. The lowest BCUT2D eigenvalue weighted by atomic mass is 10.1.